The summed E-state index contributed by atoms with van der Waals surface area (Å²) in [5, 5.41) is 3.22. The fourth-order valence-corrected chi connectivity index (χ4v) is 3.21. The number of nitrogens with one attached hydrogen (secondary N) is 2. The van der Waals surface area contributed by atoms with Crippen LogP contribution in [0.15, 0.2) is 18.2 Å². The third-order valence-electron chi connectivity index (χ3n) is 3.21. The van der Waals surface area contributed by atoms with E-state index in [2.05, 4.69) is 14.8 Å². The van der Waals surface area contributed by atoms with E-state index < -0.39 is 16.0 Å². The van der Waals surface area contributed by atoms with Gasteiger partial charge in [-0.15, -0.1) is 0 Å². The van der Waals surface area contributed by atoms with Crippen molar-refractivity contribution in [2.75, 3.05) is 24.1 Å². The summed E-state index contributed by atoms with van der Waals surface area (Å²) < 4.78 is 30.9. The van der Waals surface area contributed by atoms with Gasteiger partial charge in [-0.2, -0.15) is 0 Å². The van der Waals surface area contributed by atoms with E-state index in [1.54, 1.807) is 6.07 Å². The Labute approximate surface area is 118 Å². The summed E-state index contributed by atoms with van der Waals surface area (Å²) in [6.07, 6.45) is 0.728. The zero-order valence-electron chi connectivity index (χ0n) is 11.3. The number of fused-ring (bicyclic) bond motifs is 1. The van der Waals surface area contributed by atoms with Gasteiger partial charge >= 0.3 is 5.97 Å². The molecular weight excluding hydrogens is 280 g/mol. The quantitative estimate of drug-likeness (QED) is 0.779. The Bertz CT molecular complexity index is 598. The number of ether oxygens (including phenoxy) is 1. The van der Waals surface area contributed by atoms with Crippen molar-refractivity contribution in [3.63, 3.8) is 0 Å². The molecular formula is C13H18N2O4S. The molecule has 6 nitrogen and oxygen atoms in total. The predicted octanol–water partition coefficient (Wildman–Crippen LogP) is 0.637. The third-order valence-corrected chi connectivity index (χ3v) is 4.49. The summed E-state index contributed by atoms with van der Waals surface area (Å²) in [4.78, 5) is 11.0. The summed E-state index contributed by atoms with van der Waals surface area (Å²) in [5.41, 5.74) is 2.71. The highest BCUT2D eigenvalue weighted by atomic mass is 32.2. The third kappa shape index (κ3) is 3.71. The van der Waals surface area contributed by atoms with Gasteiger partial charge in [0.05, 0.1) is 25.0 Å². The van der Waals surface area contributed by atoms with Crippen LogP contribution in [0, 0.1) is 0 Å². The Morgan fingerprint density at radius 1 is 1.45 bits per heavy atom. The molecule has 1 heterocycles. The van der Waals surface area contributed by atoms with E-state index in [0.717, 1.165) is 24.1 Å². The Hall–Kier alpha value is -1.60. The maximum Gasteiger partial charge on any atom is 0.306 e. The van der Waals surface area contributed by atoms with E-state index >= 15 is 0 Å². The molecule has 0 aliphatic carbocycles. The summed E-state index contributed by atoms with van der Waals surface area (Å²) >= 11 is 0. The van der Waals surface area contributed by atoms with Crippen LogP contribution in [0.5, 0.6) is 0 Å². The average molecular weight is 298 g/mol. The number of benzene rings is 1. The van der Waals surface area contributed by atoms with Crippen molar-refractivity contribution in [1.82, 2.24) is 5.32 Å². The van der Waals surface area contributed by atoms with Gasteiger partial charge in [0, 0.05) is 6.54 Å². The average Bonchev–Trinajstić information content (AvgIpc) is 2.45. The van der Waals surface area contributed by atoms with Crippen LogP contribution in [0.4, 0.5) is 5.69 Å². The first-order valence-corrected chi connectivity index (χ1v) is 8.06. The lowest BCUT2D eigenvalue weighted by molar-refractivity contribution is -0.140. The van der Waals surface area contributed by atoms with Gasteiger partial charge in [0.15, 0.2) is 0 Å². The number of hydrogen-bond acceptors (Lipinski definition) is 5. The zero-order valence-corrected chi connectivity index (χ0v) is 12.1. The second-order valence-corrected chi connectivity index (χ2v) is 6.46. The van der Waals surface area contributed by atoms with Gasteiger partial charge in [0.2, 0.25) is 10.0 Å². The predicted molar refractivity (Wildman–Crippen MR) is 75.9 cm³/mol. The molecule has 2 rings (SSSR count). The van der Waals surface area contributed by atoms with Gasteiger partial charge in [-0.25, -0.2) is 8.42 Å². The first kappa shape index (κ1) is 14.8. The molecule has 0 bridgehead atoms. The normalized spacial score (nSPS) is 14.4. The monoisotopic (exact) mass is 298 g/mol. The summed E-state index contributed by atoms with van der Waals surface area (Å²) in [6, 6.07) is 5.58. The minimum absolute atomic E-state index is 0.154. The number of anilines is 1. The van der Waals surface area contributed by atoms with Crippen LogP contribution in [0.2, 0.25) is 0 Å². The molecule has 1 aliphatic heterocycles. The van der Waals surface area contributed by atoms with Crippen molar-refractivity contribution in [1.29, 1.82) is 0 Å². The highest BCUT2D eigenvalue weighted by Crippen LogP contribution is 2.23. The zero-order chi connectivity index (χ0) is 14.6. The highest BCUT2D eigenvalue weighted by molar-refractivity contribution is 7.92. The molecule has 1 aromatic rings. The number of rotatable bonds is 5. The van der Waals surface area contributed by atoms with Gasteiger partial charge in [-0.05, 0) is 30.2 Å². The van der Waals surface area contributed by atoms with Crippen LogP contribution in [-0.2, 0) is 32.5 Å². The summed E-state index contributed by atoms with van der Waals surface area (Å²) in [6.45, 7) is 1.54. The second kappa shape index (κ2) is 6.23. The standard InChI is InChI=1S/C13H18N2O4S/c1-19-13(16)6-8-20(17,18)15-12-4-2-3-10-5-7-14-9-11(10)12/h2-4,14-15H,5-9H2,1H3. The fourth-order valence-electron chi connectivity index (χ4n) is 2.15. The van der Waals surface area contributed by atoms with Crippen molar-refractivity contribution in [2.45, 2.75) is 19.4 Å². The topological polar surface area (TPSA) is 84.5 Å². The Morgan fingerprint density at radius 3 is 3.00 bits per heavy atom. The highest BCUT2D eigenvalue weighted by Gasteiger charge is 2.18. The van der Waals surface area contributed by atoms with E-state index in [1.165, 1.54) is 7.11 Å². The van der Waals surface area contributed by atoms with Crippen LogP contribution in [0.1, 0.15) is 17.5 Å². The van der Waals surface area contributed by atoms with Gasteiger partial charge in [-0.3, -0.25) is 9.52 Å². The van der Waals surface area contributed by atoms with Crippen LogP contribution in [-0.4, -0.2) is 33.8 Å². The molecule has 0 spiro atoms. The van der Waals surface area contributed by atoms with Gasteiger partial charge in [0.1, 0.15) is 0 Å². The molecule has 0 saturated carbocycles. The van der Waals surface area contributed by atoms with E-state index in [4.69, 9.17) is 0 Å². The molecule has 20 heavy (non-hydrogen) atoms. The molecule has 1 aliphatic rings. The lowest BCUT2D eigenvalue weighted by atomic mass is 10.00. The van der Waals surface area contributed by atoms with Crippen molar-refractivity contribution in [2.24, 2.45) is 0 Å². The number of carbonyl (C=O) groups excluding carboxylic acids is 1. The molecule has 1 aromatic carbocycles. The Morgan fingerprint density at radius 2 is 2.25 bits per heavy atom. The number of sulfonamides is 1. The van der Waals surface area contributed by atoms with Crippen molar-refractivity contribution in [3.05, 3.63) is 29.3 Å². The molecule has 110 valence electrons. The largest absolute Gasteiger partial charge is 0.469 e. The molecule has 0 unspecified atom stereocenters. The molecule has 0 atom stereocenters. The molecule has 0 amide bonds. The first-order chi connectivity index (χ1) is 9.52. The van der Waals surface area contributed by atoms with Gasteiger partial charge < -0.3 is 10.1 Å². The van der Waals surface area contributed by atoms with Crippen LogP contribution in [0.25, 0.3) is 0 Å². The van der Waals surface area contributed by atoms with Crippen LogP contribution >= 0.6 is 0 Å². The van der Waals surface area contributed by atoms with E-state index in [1.807, 2.05) is 12.1 Å². The molecule has 0 fully saturated rings. The molecule has 0 aromatic heterocycles. The van der Waals surface area contributed by atoms with Crippen LogP contribution < -0.4 is 10.0 Å². The van der Waals surface area contributed by atoms with E-state index in [0.29, 0.717) is 12.2 Å². The lowest BCUT2D eigenvalue weighted by Gasteiger charge is -2.20. The Kier molecular flexibility index (Phi) is 4.61. The number of hydrogen-bond donors (Lipinski definition) is 2. The minimum Gasteiger partial charge on any atom is -0.469 e. The SMILES string of the molecule is COC(=O)CCS(=O)(=O)Nc1cccc2c1CNCC2. The van der Waals surface area contributed by atoms with E-state index in [9.17, 15) is 13.2 Å². The molecule has 7 heteroatoms. The maximum atomic E-state index is 12.0. The Balaban J connectivity index is 2.11. The van der Waals surface area contributed by atoms with Gasteiger partial charge in [-0.1, -0.05) is 12.1 Å². The minimum atomic E-state index is -3.55. The number of methoxy groups -OCH3 is 1. The molecule has 2 N–H and O–H groups in total. The number of carbonyl (C=O) groups is 1. The summed E-state index contributed by atoms with van der Waals surface area (Å²) in [7, 11) is -2.31. The second-order valence-electron chi connectivity index (χ2n) is 4.62. The van der Waals surface area contributed by atoms with Gasteiger partial charge in [0.25, 0.3) is 0 Å². The molecule has 0 saturated heterocycles. The smallest absolute Gasteiger partial charge is 0.306 e. The fraction of sp³-hybridized carbons (Fsp3) is 0.462. The van der Waals surface area contributed by atoms with Crippen molar-refractivity contribution < 1.29 is 17.9 Å². The first-order valence-electron chi connectivity index (χ1n) is 6.40. The van der Waals surface area contributed by atoms with Crippen molar-refractivity contribution in [3.8, 4) is 0 Å². The maximum absolute atomic E-state index is 12.0. The lowest BCUT2D eigenvalue weighted by Crippen LogP contribution is -2.26. The number of esters is 1. The molecule has 0 radical (unpaired) electrons. The summed E-state index contributed by atoms with van der Waals surface area (Å²) in [5.74, 6) is -0.816. The van der Waals surface area contributed by atoms with E-state index in [-0.39, 0.29) is 12.2 Å². The van der Waals surface area contributed by atoms with Crippen molar-refractivity contribution >= 4 is 21.7 Å². The van der Waals surface area contributed by atoms with Crippen LogP contribution in [0.3, 0.4) is 0 Å².